The van der Waals surface area contributed by atoms with Crippen LogP contribution in [0.1, 0.15) is 45.1 Å². The zero-order valence-electron chi connectivity index (χ0n) is 13.9. The summed E-state index contributed by atoms with van der Waals surface area (Å²) in [4.78, 5) is 7.00. The predicted molar refractivity (Wildman–Crippen MR) is 106 cm³/mol. The van der Waals surface area contributed by atoms with Gasteiger partial charge in [-0.05, 0) is 49.5 Å². The minimum absolute atomic E-state index is 0. The fraction of sp³-hybridized carbons (Fsp3) is 0.588. The topological polar surface area (TPSA) is 53.6 Å². The highest BCUT2D eigenvalue weighted by atomic mass is 127. The summed E-state index contributed by atoms with van der Waals surface area (Å²) < 4.78 is 0. The minimum Gasteiger partial charge on any atom is -0.370 e. The maximum absolute atomic E-state index is 6.02. The average molecular weight is 416 g/mol. The summed E-state index contributed by atoms with van der Waals surface area (Å²) in [6.45, 7) is 9.67. The van der Waals surface area contributed by atoms with Gasteiger partial charge in [0.2, 0.25) is 0 Å². The van der Waals surface area contributed by atoms with Crippen LogP contribution < -0.4 is 11.1 Å². The number of rotatable bonds is 5. The van der Waals surface area contributed by atoms with Crippen molar-refractivity contribution in [2.24, 2.45) is 10.7 Å². The Hall–Kier alpha value is -0.820. The number of nitrogens with zero attached hydrogens (tertiary/aromatic N) is 2. The summed E-state index contributed by atoms with van der Waals surface area (Å²) >= 11 is 0. The van der Waals surface area contributed by atoms with E-state index >= 15 is 0 Å². The van der Waals surface area contributed by atoms with Crippen molar-refractivity contribution >= 4 is 35.6 Å². The van der Waals surface area contributed by atoms with E-state index in [1.165, 1.54) is 24.9 Å². The SMILES string of the molecule is CCN1CCCC1CN=C(N)Nc1cccc(C(C)C)c1.I. The van der Waals surface area contributed by atoms with Crippen LogP contribution in [0.4, 0.5) is 5.69 Å². The van der Waals surface area contributed by atoms with Gasteiger partial charge >= 0.3 is 0 Å². The molecule has 1 unspecified atom stereocenters. The van der Waals surface area contributed by atoms with E-state index in [1.54, 1.807) is 0 Å². The number of nitrogens with two attached hydrogens (primary N) is 1. The quantitative estimate of drug-likeness (QED) is 0.438. The molecule has 0 saturated carbocycles. The fourth-order valence-electron chi connectivity index (χ4n) is 2.88. The molecule has 1 aromatic rings. The monoisotopic (exact) mass is 416 g/mol. The van der Waals surface area contributed by atoms with Crippen LogP contribution in [0.2, 0.25) is 0 Å². The van der Waals surface area contributed by atoms with Crippen LogP contribution >= 0.6 is 24.0 Å². The second kappa shape index (κ2) is 9.35. The number of likely N-dealkylation sites (N-methyl/N-ethyl adjacent to an activating group) is 1. The number of hydrogen-bond acceptors (Lipinski definition) is 2. The van der Waals surface area contributed by atoms with Gasteiger partial charge in [0.15, 0.2) is 5.96 Å². The molecule has 1 heterocycles. The highest BCUT2D eigenvalue weighted by Crippen LogP contribution is 2.19. The van der Waals surface area contributed by atoms with Crippen LogP contribution in [-0.4, -0.2) is 36.5 Å². The van der Waals surface area contributed by atoms with Gasteiger partial charge < -0.3 is 11.1 Å². The fourth-order valence-corrected chi connectivity index (χ4v) is 2.88. The molecule has 5 heteroatoms. The number of hydrogen-bond donors (Lipinski definition) is 2. The van der Waals surface area contributed by atoms with Gasteiger partial charge in [0.25, 0.3) is 0 Å². The molecule has 3 N–H and O–H groups in total. The Balaban J connectivity index is 0.00000242. The van der Waals surface area contributed by atoms with Crippen molar-refractivity contribution in [3.8, 4) is 0 Å². The van der Waals surface area contributed by atoms with Crippen molar-refractivity contribution in [2.45, 2.75) is 45.6 Å². The first-order valence-electron chi connectivity index (χ1n) is 8.01. The smallest absolute Gasteiger partial charge is 0.193 e. The van der Waals surface area contributed by atoms with Gasteiger partial charge in [0.05, 0.1) is 6.54 Å². The summed E-state index contributed by atoms with van der Waals surface area (Å²) in [7, 11) is 0. The van der Waals surface area contributed by atoms with Gasteiger partial charge in [0, 0.05) is 11.7 Å². The van der Waals surface area contributed by atoms with E-state index in [1.807, 2.05) is 6.07 Å². The minimum atomic E-state index is 0. The van der Waals surface area contributed by atoms with Crippen molar-refractivity contribution in [1.29, 1.82) is 0 Å². The molecule has 1 saturated heterocycles. The highest BCUT2D eigenvalue weighted by molar-refractivity contribution is 14.0. The summed E-state index contributed by atoms with van der Waals surface area (Å²) in [5, 5.41) is 3.20. The molecule has 0 aromatic heterocycles. The van der Waals surface area contributed by atoms with E-state index in [4.69, 9.17) is 5.73 Å². The van der Waals surface area contributed by atoms with E-state index in [9.17, 15) is 0 Å². The normalized spacial score (nSPS) is 19.3. The lowest BCUT2D eigenvalue weighted by molar-refractivity contribution is 0.273. The standard InChI is InChI=1S/C17H28N4.HI/c1-4-21-10-6-9-16(21)12-19-17(18)20-15-8-5-7-14(11-15)13(2)3;/h5,7-8,11,13,16H,4,6,9-10,12H2,1-3H3,(H3,18,19,20);1H. The van der Waals surface area contributed by atoms with Crippen LogP contribution in [-0.2, 0) is 0 Å². The Labute approximate surface area is 151 Å². The molecular weight excluding hydrogens is 387 g/mol. The number of guanidine groups is 1. The van der Waals surface area contributed by atoms with Crippen molar-refractivity contribution in [3.05, 3.63) is 29.8 Å². The third-order valence-corrected chi connectivity index (χ3v) is 4.20. The number of anilines is 1. The predicted octanol–water partition coefficient (Wildman–Crippen LogP) is 3.64. The Bertz CT molecular complexity index is 487. The zero-order valence-corrected chi connectivity index (χ0v) is 16.2. The number of benzene rings is 1. The first-order valence-corrected chi connectivity index (χ1v) is 8.01. The molecule has 1 aromatic carbocycles. The van der Waals surface area contributed by atoms with Gasteiger partial charge in [-0.3, -0.25) is 9.89 Å². The molecule has 22 heavy (non-hydrogen) atoms. The van der Waals surface area contributed by atoms with Crippen molar-refractivity contribution in [1.82, 2.24) is 4.90 Å². The molecule has 0 bridgehead atoms. The Morgan fingerprint density at radius 3 is 2.91 bits per heavy atom. The van der Waals surface area contributed by atoms with Gasteiger partial charge in [-0.2, -0.15) is 0 Å². The Kier molecular flexibility index (Phi) is 8.17. The summed E-state index contributed by atoms with van der Waals surface area (Å²) in [5.74, 6) is 1.03. The maximum Gasteiger partial charge on any atom is 0.193 e. The second-order valence-corrected chi connectivity index (χ2v) is 6.06. The van der Waals surface area contributed by atoms with Gasteiger partial charge in [-0.1, -0.05) is 32.9 Å². The molecular formula is C17H29IN4. The molecule has 1 aliphatic heterocycles. The van der Waals surface area contributed by atoms with Crippen molar-refractivity contribution in [3.63, 3.8) is 0 Å². The summed E-state index contributed by atoms with van der Waals surface area (Å²) in [5.41, 5.74) is 8.34. The average Bonchev–Trinajstić information content (AvgIpc) is 2.93. The molecule has 1 fully saturated rings. The van der Waals surface area contributed by atoms with Gasteiger partial charge in [-0.15, -0.1) is 24.0 Å². The van der Waals surface area contributed by atoms with E-state index in [-0.39, 0.29) is 24.0 Å². The molecule has 1 atom stereocenters. The van der Waals surface area contributed by atoms with E-state index < -0.39 is 0 Å². The number of likely N-dealkylation sites (tertiary alicyclic amines) is 1. The zero-order chi connectivity index (χ0) is 15.2. The van der Waals surface area contributed by atoms with Crippen LogP contribution in [0.3, 0.4) is 0 Å². The molecule has 0 aliphatic carbocycles. The summed E-state index contributed by atoms with van der Waals surface area (Å²) in [6, 6.07) is 8.92. The molecule has 1 aliphatic rings. The first-order chi connectivity index (χ1) is 10.1. The lowest BCUT2D eigenvalue weighted by atomic mass is 10.0. The summed E-state index contributed by atoms with van der Waals surface area (Å²) in [6.07, 6.45) is 2.51. The lowest BCUT2D eigenvalue weighted by Gasteiger charge is -2.21. The largest absolute Gasteiger partial charge is 0.370 e. The van der Waals surface area contributed by atoms with Crippen LogP contribution in [0.15, 0.2) is 29.3 Å². The highest BCUT2D eigenvalue weighted by Gasteiger charge is 2.22. The molecule has 0 spiro atoms. The van der Waals surface area contributed by atoms with Gasteiger partial charge in [-0.25, -0.2) is 0 Å². The number of halogens is 1. The molecule has 0 radical (unpaired) electrons. The third kappa shape index (κ3) is 5.43. The maximum atomic E-state index is 6.02. The van der Waals surface area contributed by atoms with E-state index in [0.29, 0.717) is 17.9 Å². The Morgan fingerprint density at radius 1 is 1.45 bits per heavy atom. The molecule has 2 rings (SSSR count). The molecule has 124 valence electrons. The molecule has 4 nitrogen and oxygen atoms in total. The van der Waals surface area contributed by atoms with Crippen molar-refractivity contribution < 1.29 is 0 Å². The third-order valence-electron chi connectivity index (χ3n) is 4.20. The number of aliphatic imine (C=N–C) groups is 1. The van der Waals surface area contributed by atoms with Crippen LogP contribution in [0.5, 0.6) is 0 Å². The van der Waals surface area contributed by atoms with Crippen molar-refractivity contribution in [2.75, 3.05) is 25.0 Å². The molecule has 0 amide bonds. The van der Waals surface area contributed by atoms with E-state index in [2.05, 4.69) is 54.2 Å². The van der Waals surface area contributed by atoms with E-state index in [0.717, 1.165) is 18.8 Å². The lowest BCUT2D eigenvalue weighted by Crippen LogP contribution is -2.33. The number of nitrogens with one attached hydrogen (secondary N) is 1. The van der Waals surface area contributed by atoms with Crippen LogP contribution in [0.25, 0.3) is 0 Å². The second-order valence-electron chi connectivity index (χ2n) is 6.06. The van der Waals surface area contributed by atoms with Gasteiger partial charge in [0.1, 0.15) is 0 Å². The van der Waals surface area contributed by atoms with Crippen LogP contribution in [0, 0.1) is 0 Å². The first kappa shape index (κ1) is 19.2. The Morgan fingerprint density at radius 2 is 2.23 bits per heavy atom.